The van der Waals surface area contributed by atoms with E-state index in [-0.39, 0.29) is 6.42 Å². The predicted molar refractivity (Wildman–Crippen MR) is 41.4 cm³/mol. The summed E-state index contributed by atoms with van der Waals surface area (Å²) in [6.07, 6.45) is 3.20. The standard InChI is InChI=1S/C8H9NO3/c10-8(11)4-3-7-2-1-5-9(12)6-7/h1-2,5-6H,3-4H2,(H,10,11). The fraction of sp³-hybridized carbons (Fsp3) is 0.250. The summed E-state index contributed by atoms with van der Waals surface area (Å²) in [5.41, 5.74) is 0.745. The topological polar surface area (TPSA) is 64.2 Å². The molecule has 1 aromatic rings. The predicted octanol–water partition coefficient (Wildman–Crippen LogP) is 0.337. The summed E-state index contributed by atoms with van der Waals surface area (Å²) >= 11 is 0. The highest BCUT2D eigenvalue weighted by Crippen LogP contribution is 1.98. The maximum absolute atomic E-state index is 10.7. The van der Waals surface area contributed by atoms with Crippen LogP contribution in [-0.2, 0) is 11.2 Å². The number of carboxylic acid groups (broad SMARTS) is 1. The molecular weight excluding hydrogens is 158 g/mol. The minimum Gasteiger partial charge on any atom is -0.619 e. The number of aliphatic carboxylic acids is 1. The second-order valence-corrected chi connectivity index (χ2v) is 2.47. The molecule has 4 heteroatoms. The molecule has 0 amide bonds. The molecule has 0 spiro atoms. The summed E-state index contributed by atoms with van der Waals surface area (Å²) in [5.74, 6) is -0.851. The normalized spacial score (nSPS) is 9.67. The van der Waals surface area contributed by atoms with E-state index >= 15 is 0 Å². The largest absolute Gasteiger partial charge is 0.619 e. The molecule has 0 fully saturated rings. The van der Waals surface area contributed by atoms with Crippen molar-refractivity contribution in [2.24, 2.45) is 0 Å². The molecule has 0 aliphatic heterocycles. The van der Waals surface area contributed by atoms with Crippen LogP contribution in [0.5, 0.6) is 0 Å². The molecular formula is C8H9NO3. The molecule has 1 N–H and O–H groups in total. The van der Waals surface area contributed by atoms with E-state index in [4.69, 9.17) is 5.11 Å². The summed E-state index contributed by atoms with van der Waals surface area (Å²) in [7, 11) is 0. The van der Waals surface area contributed by atoms with Crippen LogP contribution >= 0.6 is 0 Å². The van der Waals surface area contributed by atoms with Crippen LogP contribution in [-0.4, -0.2) is 11.1 Å². The van der Waals surface area contributed by atoms with Crippen LogP contribution in [0.4, 0.5) is 0 Å². The Morgan fingerprint density at radius 1 is 1.67 bits per heavy atom. The quantitative estimate of drug-likeness (QED) is 0.521. The molecule has 1 rings (SSSR count). The third-order valence-corrected chi connectivity index (χ3v) is 1.46. The fourth-order valence-electron chi connectivity index (χ4n) is 0.900. The lowest BCUT2D eigenvalue weighted by molar-refractivity contribution is -0.605. The van der Waals surface area contributed by atoms with Crippen LogP contribution in [0.2, 0.25) is 0 Å². The van der Waals surface area contributed by atoms with E-state index in [0.717, 1.165) is 5.56 Å². The summed E-state index contributed by atoms with van der Waals surface area (Å²) in [5, 5.41) is 19.1. The zero-order valence-electron chi connectivity index (χ0n) is 6.43. The summed E-state index contributed by atoms with van der Waals surface area (Å²) in [6, 6.07) is 3.33. The Balaban J connectivity index is 2.57. The molecule has 0 saturated carbocycles. The van der Waals surface area contributed by atoms with Crippen molar-refractivity contribution in [1.82, 2.24) is 0 Å². The Hall–Kier alpha value is -1.58. The molecule has 0 bridgehead atoms. The van der Waals surface area contributed by atoms with E-state index in [1.165, 1.54) is 12.4 Å². The lowest BCUT2D eigenvalue weighted by Crippen LogP contribution is -2.24. The van der Waals surface area contributed by atoms with Gasteiger partial charge in [0.2, 0.25) is 0 Å². The summed E-state index contributed by atoms with van der Waals surface area (Å²) in [6.45, 7) is 0. The van der Waals surface area contributed by atoms with Gasteiger partial charge in [-0.25, -0.2) is 0 Å². The SMILES string of the molecule is O=C(O)CCc1ccc[n+]([O-])c1. The van der Waals surface area contributed by atoms with Gasteiger partial charge < -0.3 is 10.3 Å². The zero-order valence-corrected chi connectivity index (χ0v) is 6.43. The average Bonchev–Trinajstić information content (AvgIpc) is 2.01. The van der Waals surface area contributed by atoms with Crippen LogP contribution in [0.25, 0.3) is 0 Å². The van der Waals surface area contributed by atoms with E-state index in [2.05, 4.69) is 0 Å². The first kappa shape index (κ1) is 8.52. The molecule has 0 saturated heterocycles. The summed E-state index contributed by atoms with van der Waals surface area (Å²) < 4.78 is 0.664. The third-order valence-electron chi connectivity index (χ3n) is 1.46. The first-order valence-electron chi connectivity index (χ1n) is 3.58. The van der Waals surface area contributed by atoms with Crippen molar-refractivity contribution < 1.29 is 14.6 Å². The van der Waals surface area contributed by atoms with E-state index in [9.17, 15) is 10.0 Å². The van der Waals surface area contributed by atoms with Gasteiger partial charge >= 0.3 is 5.97 Å². The number of hydrogen-bond donors (Lipinski definition) is 1. The Bertz CT molecular complexity index is 285. The molecule has 0 atom stereocenters. The third kappa shape index (κ3) is 2.57. The van der Waals surface area contributed by atoms with Gasteiger partial charge in [0.1, 0.15) is 0 Å². The molecule has 1 aromatic heterocycles. The zero-order chi connectivity index (χ0) is 8.97. The van der Waals surface area contributed by atoms with Crippen molar-refractivity contribution in [2.45, 2.75) is 12.8 Å². The monoisotopic (exact) mass is 167 g/mol. The first-order chi connectivity index (χ1) is 5.68. The number of aromatic nitrogens is 1. The molecule has 4 nitrogen and oxygen atoms in total. The molecule has 0 aromatic carbocycles. The number of carbonyl (C=O) groups is 1. The van der Waals surface area contributed by atoms with E-state index in [0.29, 0.717) is 11.2 Å². The molecule has 0 unspecified atom stereocenters. The van der Waals surface area contributed by atoms with Gasteiger partial charge in [0.25, 0.3) is 0 Å². The van der Waals surface area contributed by atoms with Gasteiger partial charge in [-0.2, -0.15) is 4.73 Å². The fourth-order valence-corrected chi connectivity index (χ4v) is 0.900. The second-order valence-electron chi connectivity index (χ2n) is 2.47. The van der Waals surface area contributed by atoms with Crippen molar-refractivity contribution in [3.05, 3.63) is 35.3 Å². The van der Waals surface area contributed by atoms with Crippen LogP contribution in [0.15, 0.2) is 24.5 Å². The van der Waals surface area contributed by atoms with Crippen molar-refractivity contribution in [1.29, 1.82) is 0 Å². The van der Waals surface area contributed by atoms with Crippen molar-refractivity contribution in [3.8, 4) is 0 Å². The van der Waals surface area contributed by atoms with Crippen molar-refractivity contribution in [3.63, 3.8) is 0 Å². The highest BCUT2D eigenvalue weighted by atomic mass is 16.5. The molecule has 0 aliphatic carbocycles. The molecule has 12 heavy (non-hydrogen) atoms. The molecule has 0 aliphatic rings. The van der Waals surface area contributed by atoms with Gasteiger partial charge in [-0.3, -0.25) is 4.79 Å². The highest BCUT2D eigenvalue weighted by molar-refractivity contribution is 5.67. The van der Waals surface area contributed by atoms with Gasteiger partial charge in [-0.05, 0) is 12.5 Å². The minimum absolute atomic E-state index is 0.0595. The van der Waals surface area contributed by atoms with Gasteiger partial charge in [-0.15, -0.1) is 0 Å². The van der Waals surface area contributed by atoms with E-state index < -0.39 is 5.97 Å². The Labute approximate surface area is 69.7 Å². The number of hydrogen-bond acceptors (Lipinski definition) is 2. The number of nitrogens with zero attached hydrogens (tertiary/aromatic N) is 1. The molecule has 0 radical (unpaired) electrons. The van der Waals surface area contributed by atoms with Crippen molar-refractivity contribution in [2.75, 3.05) is 0 Å². The molecule has 1 heterocycles. The van der Waals surface area contributed by atoms with Crippen LogP contribution in [0, 0.1) is 5.21 Å². The lowest BCUT2D eigenvalue weighted by atomic mass is 10.2. The Morgan fingerprint density at radius 2 is 2.42 bits per heavy atom. The minimum atomic E-state index is -0.851. The van der Waals surface area contributed by atoms with Crippen molar-refractivity contribution >= 4 is 5.97 Å². The Kier molecular flexibility index (Phi) is 2.63. The summed E-state index contributed by atoms with van der Waals surface area (Å²) in [4.78, 5) is 10.2. The first-order valence-corrected chi connectivity index (χ1v) is 3.58. The van der Waals surface area contributed by atoms with Gasteiger partial charge in [0.05, 0.1) is 0 Å². The maximum atomic E-state index is 10.7. The van der Waals surface area contributed by atoms with E-state index in [1.807, 2.05) is 0 Å². The highest BCUT2D eigenvalue weighted by Gasteiger charge is 2.00. The number of carboxylic acids is 1. The maximum Gasteiger partial charge on any atom is 0.303 e. The number of rotatable bonds is 3. The smallest absolute Gasteiger partial charge is 0.303 e. The average molecular weight is 167 g/mol. The van der Waals surface area contributed by atoms with Crippen LogP contribution < -0.4 is 4.73 Å². The van der Waals surface area contributed by atoms with Crippen LogP contribution in [0.1, 0.15) is 12.0 Å². The number of aryl methyl sites for hydroxylation is 1. The van der Waals surface area contributed by atoms with Crippen LogP contribution in [0.3, 0.4) is 0 Å². The van der Waals surface area contributed by atoms with Gasteiger partial charge in [0, 0.05) is 18.1 Å². The lowest BCUT2D eigenvalue weighted by Gasteiger charge is -1.98. The van der Waals surface area contributed by atoms with Gasteiger partial charge in [-0.1, -0.05) is 0 Å². The number of pyridine rings is 1. The second kappa shape index (κ2) is 3.71. The Morgan fingerprint density at radius 3 is 3.00 bits per heavy atom. The van der Waals surface area contributed by atoms with E-state index in [1.54, 1.807) is 12.1 Å². The molecule has 64 valence electrons. The van der Waals surface area contributed by atoms with Gasteiger partial charge in [0.15, 0.2) is 12.4 Å².